The maximum absolute atomic E-state index is 14.9. The second-order valence-electron chi connectivity index (χ2n) is 22.9. The summed E-state index contributed by atoms with van der Waals surface area (Å²) in [5, 5.41) is 5.76. The van der Waals surface area contributed by atoms with Crippen molar-refractivity contribution in [3.05, 3.63) is 71.6 Å². The molecule has 3 saturated heterocycles. The van der Waals surface area contributed by atoms with Crippen molar-refractivity contribution < 1.29 is 33.4 Å². The summed E-state index contributed by atoms with van der Waals surface area (Å²) >= 11 is 0. The fourth-order valence-corrected chi connectivity index (χ4v) is 12.0. The standard InChI is InChI=1S/C57H82N10O7/c1-11-66-47-21-20-40-32-43(47)44(51(66)42-17-12-25-58-49(42)39(4)73-10)33-56(5,6)37-74-54(71)45-18-14-28-67(60-45)53(70)46(35-63-27-13-16-41(40)34-63)59-52(69)50(38(2)3)62(9)55(72)64-29-22-57(23-30-64)24-31-65(36-57)48(68)19-15-26-61(7)8/h12,15-17,19-21,25,32,38-39,45-46,50,60H,11,13-14,18,22-24,26-31,33-37H2,1-10H3,(H,59,69)/b19-15+/t39-,45-,46-,50-/m0/s1. The monoisotopic (exact) mass is 1020 g/mol. The topological polar surface area (TPSA) is 165 Å². The number of ether oxygens (including phenoxy) is 2. The van der Waals surface area contributed by atoms with Gasteiger partial charge >= 0.3 is 12.0 Å². The smallest absolute Gasteiger partial charge is 0.324 e. The van der Waals surface area contributed by atoms with Crippen LogP contribution in [0, 0.1) is 16.7 Å². The van der Waals surface area contributed by atoms with Gasteiger partial charge in [-0.15, -0.1) is 0 Å². The van der Waals surface area contributed by atoms with Crippen molar-refractivity contribution in [1.82, 2.24) is 49.8 Å². The van der Waals surface area contributed by atoms with E-state index in [4.69, 9.17) is 14.5 Å². The number of rotatable bonds is 11. The van der Waals surface area contributed by atoms with Crippen LogP contribution >= 0.6 is 0 Å². The maximum Gasteiger partial charge on any atom is 0.324 e. The lowest BCUT2D eigenvalue weighted by atomic mass is 9.78. The lowest BCUT2D eigenvalue weighted by molar-refractivity contribution is -0.155. The molecule has 17 nitrogen and oxygen atoms in total. The van der Waals surface area contributed by atoms with Crippen LogP contribution in [0.15, 0.2) is 54.8 Å². The average molecular weight is 1020 g/mol. The van der Waals surface area contributed by atoms with Gasteiger partial charge in [0.05, 0.1) is 24.1 Å². The number of carbonyl (C=O) groups is 5. The van der Waals surface area contributed by atoms with Crippen LogP contribution < -0.4 is 10.7 Å². The largest absolute Gasteiger partial charge is 0.464 e. The van der Waals surface area contributed by atoms with E-state index >= 15 is 0 Å². The molecular formula is C57H82N10O7. The van der Waals surface area contributed by atoms with Crippen molar-refractivity contribution in [3.8, 4) is 11.3 Å². The Kier molecular flexibility index (Phi) is 17.1. The van der Waals surface area contributed by atoms with E-state index in [1.807, 2.05) is 67.9 Å². The molecule has 1 unspecified atom stereocenters. The average Bonchev–Trinajstić information content (AvgIpc) is 3.94. The summed E-state index contributed by atoms with van der Waals surface area (Å²) in [5.41, 5.74) is 10.1. The molecule has 7 heterocycles. The number of hydrogen-bond acceptors (Lipinski definition) is 11. The number of likely N-dealkylation sites (tertiary alicyclic amines) is 2. The van der Waals surface area contributed by atoms with Crippen LogP contribution in [0.25, 0.3) is 27.7 Å². The second kappa shape index (κ2) is 23.1. The quantitative estimate of drug-likeness (QED) is 0.168. The summed E-state index contributed by atoms with van der Waals surface area (Å²) in [7, 11) is 7.32. The zero-order valence-corrected chi connectivity index (χ0v) is 45.7. The van der Waals surface area contributed by atoms with E-state index in [-0.39, 0.29) is 48.4 Å². The minimum atomic E-state index is -0.995. The SMILES string of the molecule is CCn1c(-c2cccnc2[C@H](C)OC)c2c3cc(ccc31)C1=CCCN(C1)C[C@H](NC(=O)[C@H](C(C)C)N(C)C(=O)N1CCC3(CCN(C(=O)/C=C/CN(C)C)C3)CC1)C(=O)N1CCC[C@H](N1)C(=O)OCC(C)(C)C2. The van der Waals surface area contributed by atoms with Gasteiger partial charge < -0.3 is 39.0 Å². The predicted octanol–water partition coefficient (Wildman–Crippen LogP) is 6.13. The Labute approximate surface area is 438 Å². The molecule has 5 atom stereocenters. The number of likely N-dealkylation sites (N-methyl/N-ethyl adjacent to an activating group) is 2. The molecule has 3 fully saturated rings. The van der Waals surface area contributed by atoms with Gasteiger partial charge in [-0.25, -0.2) is 10.2 Å². The Morgan fingerprint density at radius 3 is 2.46 bits per heavy atom. The van der Waals surface area contributed by atoms with Crippen LogP contribution in [0.1, 0.15) is 103 Å². The number of esters is 1. The number of nitrogens with one attached hydrogen (secondary N) is 2. The Bertz CT molecular complexity index is 2610. The molecule has 5 aliphatic rings. The third-order valence-corrected chi connectivity index (χ3v) is 16.2. The molecule has 1 aromatic carbocycles. The number of urea groups is 1. The highest BCUT2D eigenvalue weighted by atomic mass is 16.5. The molecule has 17 heteroatoms. The summed E-state index contributed by atoms with van der Waals surface area (Å²) in [6, 6.07) is 7.92. The molecule has 6 bridgehead atoms. The number of benzene rings is 1. The number of methoxy groups -OCH3 is 1. The molecule has 5 aliphatic heterocycles. The first-order chi connectivity index (χ1) is 35.3. The first-order valence-corrected chi connectivity index (χ1v) is 27.0. The molecule has 0 aliphatic carbocycles. The summed E-state index contributed by atoms with van der Waals surface area (Å²) in [4.78, 5) is 85.4. The van der Waals surface area contributed by atoms with Crippen molar-refractivity contribution in [2.45, 2.75) is 117 Å². The maximum atomic E-state index is 14.9. The van der Waals surface area contributed by atoms with Crippen molar-refractivity contribution in [3.63, 3.8) is 0 Å². The van der Waals surface area contributed by atoms with E-state index in [1.54, 1.807) is 20.2 Å². The molecule has 2 aromatic heterocycles. The van der Waals surface area contributed by atoms with Crippen molar-refractivity contribution >= 4 is 46.2 Å². The Hall–Kier alpha value is -5.62. The van der Waals surface area contributed by atoms with Crippen molar-refractivity contribution in [2.75, 3.05) is 93.8 Å². The molecule has 74 heavy (non-hydrogen) atoms. The van der Waals surface area contributed by atoms with Crippen molar-refractivity contribution in [1.29, 1.82) is 0 Å². The lowest BCUT2D eigenvalue weighted by Crippen LogP contribution is -2.64. The second-order valence-corrected chi connectivity index (χ2v) is 22.9. The number of aryl methyl sites for hydroxylation is 1. The van der Waals surface area contributed by atoms with Gasteiger partial charge in [0.2, 0.25) is 11.8 Å². The van der Waals surface area contributed by atoms with Crippen LogP contribution in [-0.4, -0.2) is 181 Å². The molecule has 8 rings (SSSR count). The number of nitrogens with zero attached hydrogens (tertiary/aromatic N) is 8. The molecular weight excluding hydrogens is 937 g/mol. The third-order valence-electron chi connectivity index (χ3n) is 16.2. The molecule has 3 aromatic rings. The van der Waals surface area contributed by atoms with Crippen LogP contribution in [-0.2, 0) is 41.6 Å². The highest BCUT2D eigenvalue weighted by Gasteiger charge is 2.44. The number of cyclic esters (lactones) is 1. The fourth-order valence-electron chi connectivity index (χ4n) is 12.0. The summed E-state index contributed by atoms with van der Waals surface area (Å²) < 4.78 is 14.4. The number of carbonyl (C=O) groups excluding carboxylic acids is 5. The highest BCUT2D eigenvalue weighted by molar-refractivity contribution is 5.95. The first kappa shape index (κ1) is 54.6. The van der Waals surface area contributed by atoms with Crippen LogP contribution in [0.5, 0.6) is 0 Å². The minimum absolute atomic E-state index is 0.0294. The Morgan fingerprint density at radius 1 is 1.01 bits per heavy atom. The molecule has 2 N–H and O–H groups in total. The van der Waals surface area contributed by atoms with Gasteiger partial charge in [0.15, 0.2) is 0 Å². The van der Waals surface area contributed by atoms with Gasteiger partial charge in [-0.3, -0.25) is 34.1 Å². The van der Waals surface area contributed by atoms with E-state index in [9.17, 15) is 24.0 Å². The first-order valence-electron chi connectivity index (χ1n) is 27.0. The number of aromatic nitrogens is 2. The minimum Gasteiger partial charge on any atom is -0.464 e. The normalized spacial score (nSPS) is 23.3. The number of hydrogen-bond donors (Lipinski definition) is 2. The number of amides is 5. The molecule has 0 saturated carbocycles. The van der Waals surface area contributed by atoms with Crippen LogP contribution in [0.2, 0.25) is 0 Å². The number of piperidine rings is 1. The number of pyridine rings is 1. The van der Waals surface area contributed by atoms with Gasteiger partial charge in [0.25, 0.3) is 5.91 Å². The lowest BCUT2D eigenvalue weighted by Gasteiger charge is -2.42. The van der Waals surface area contributed by atoms with Crippen molar-refractivity contribution in [2.24, 2.45) is 16.7 Å². The highest BCUT2D eigenvalue weighted by Crippen LogP contribution is 2.43. The fraction of sp³-hybridized carbons (Fsp3) is 0.614. The molecule has 5 amide bonds. The van der Waals surface area contributed by atoms with Gasteiger partial charge in [0, 0.05) is 114 Å². The Balaban J connectivity index is 1.05. The van der Waals surface area contributed by atoms with Gasteiger partial charge in [-0.1, -0.05) is 45.9 Å². The van der Waals surface area contributed by atoms with Gasteiger partial charge in [0.1, 0.15) is 18.1 Å². The third kappa shape index (κ3) is 11.9. The van der Waals surface area contributed by atoms with E-state index in [1.165, 1.54) is 9.91 Å². The van der Waals surface area contributed by atoms with E-state index in [0.29, 0.717) is 71.6 Å². The molecule has 0 radical (unpaired) electrons. The molecule has 402 valence electrons. The summed E-state index contributed by atoms with van der Waals surface area (Å²) in [6.07, 6.45) is 12.3. The van der Waals surface area contributed by atoms with E-state index in [0.717, 1.165) is 76.8 Å². The number of fused-ring (bicyclic) bond motifs is 6. The predicted molar refractivity (Wildman–Crippen MR) is 287 cm³/mol. The van der Waals surface area contributed by atoms with E-state index < -0.39 is 35.4 Å². The number of hydrazine groups is 1. The summed E-state index contributed by atoms with van der Waals surface area (Å²) in [5.74, 6) is -1.44. The van der Waals surface area contributed by atoms with Crippen LogP contribution in [0.3, 0.4) is 0 Å². The zero-order valence-electron chi connectivity index (χ0n) is 45.7. The van der Waals surface area contributed by atoms with Gasteiger partial charge in [-0.2, -0.15) is 0 Å². The van der Waals surface area contributed by atoms with Gasteiger partial charge in [-0.05, 0) is 125 Å². The summed E-state index contributed by atoms with van der Waals surface area (Å²) in [6.45, 7) is 18.1. The van der Waals surface area contributed by atoms with E-state index in [2.05, 4.69) is 71.3 Å². The Morgan fingerprint density at radius 2 is 1.76 bits per heavy atom. The zero-order chi connectivity index (χ0) is 53.1. The molecule has 1 spiro atoms. The van der Waals surface area contributed by atoms with Crippen LogP contribution in [0.4, 0.5) is 4.79 Å².